The maximum atomic E-state index is 10.6. The van der Waals surface area contributed by atoms with E-state index in [9.17, 15) is 15.6 Å². The van der Waals surface area contributed by atoms with Crippen LogP contribution in [-0.2, 0) is 0 Å². The predicted molar refractivity (Wildman–Crippen MR) is 108 cm³/mol. The summed E-state index contributed by atoms with van der Waals surface area (Å²) >= 11 is 1.55. The van der Waals surface area contributed by atoms with Gasteiger partial charge in [0, 0.05) is 16.8 Å². The van der Waals surface area contributed by atoms with Crippen LogP contribution in [0.3, 0.4) is 0 Å². The molecule has 0 saturated carbocycles. The van der Waals surface area contributed by atoms with Crippen molar-refractivity contribution in [1.82, 2.24) is 9.78 Å². The molecule has 2 heterocycles. The zero-order chi connectivity index (χ0) is 19.7. The van der Waals surface area contributed by atoms with E-state index in [0.717, 1.165) is 27.5 Å². The summed E-state index contributed by atoms with van der Waals surface area (Å²) in [4.78, 5) is 0.954. The summed E-state index contributed by atoms with van der Waals surface area (Å²) in [5.74, 6) is -0.0518. The Morgan fingerprint density at radius 3 is 2.36 bits per heavy atom. The largest absolute Gasteiger partial charge is 0.507 e. The first-order valence-corrected chi connectivity index (χ1v) is 9.38. The molecule has 0 aliphatic carbocycles. The fourth-order valence-corrected chi connectivity index (χ4v) is 3.92. The van der Waals surface area contributed by atoms with Crippen LogP contribution in [0.1, 0.15) is 16.8 Å². The molecule has 4 rings (SSSR count). The third-order valence-corrected chi connectivity index (χ3v) is 5.39. The fraction of sp³-hybridized carbons (Fsp3) is 0.0455. The molecule has 4 aromatic rings. The fourth-order valence-electron chi connectivity index (χ4n) is 3.20. The number of aromatic nitrogens is 2. The molecule has 0 aliphatic rings. The zero-order valence-corrected chi connectivity index (χ0v) is 15.7. The summed E-state index contributed by atoms with van der Waals surface area (Å²) in [6, 6.07) is 20.5. The van der Waals surface area contributed by atoms with Crippen molar-refractivity contribution in [2.24, 2.45) is 0 Å². The predicted octanol–water partition coefficient (Wildman–Crippen LogP) is 5.03. The first-order valence-electron chi connectivity index (χ1n) is 8.50. The SMILES string of the molecule is Cc1c(-c2cc(C#N)c(C#N)cc2O)c(-c2cccs2)nn1-c1ccccc1. The van der Waals surface area contributed by atoms with Crippen molar-refractivity contribution in [3.63, 3.8) is 0 Å². The molecule has 0 amide bonds. The normalized spacial score (nSPS) is 10.4. The molecule has 0 saturated heterocycles. The molecule has 0 spiro atoms. The van der Waals surface area contributed by atoms with Gasteiger partial charge in [0.05, 0.1) is 21.7 Å². The van der Waals surface area contributed by atoms with E-state index in [2.05, 4.69) is 0 Å². The van der Waals surface area contributed by atoms with Crippen molar-refractivity contribution < 1.29 is 5.11 Å². The summed E-state index contributed by atoms with van der Waals surface area (Å²) in [7, 11) is 0. The standard InChI is InChI=1S/C22H14N4OS/c1-14-21(18-10-15(12-23)16(13-24)11-19(18)27)22(20-8-5-9-28-20)25-26(14)17-6-3-2-4-7-17/h2-11,27H,1H3. The molecule has 6 heteroatoms. The van der Waals surface area contributed by atoms with E-state index in [1.54, 1.807) is 17.4 Å². The third-order valence-electron chi connectivity index (χ3n) is 4.52. The highest BCUT2D eigenvalue weighted by molar-refractivity contribution is 7.13. The van der Waals surface area contributed by atoms with Crippen LogP contribution < -0.4 is 0 Å². The number of thiophene rings is 1. The highest BCUT2D eigenvalue weighted by Gasteiger charge is 2.23. The Morgan fingerprint density at radius 2 is 1.71 bits per heavy atom. The summed E-state index contributed by atoms with van der Waals surface area (Å²) in [5, 5.41) is 36.0. The topological polar surface area (TPSA) is 85.6 Å². The van der Waals surface area contributed by atoms with Gasteiger partial charge in [0.15, 0.2) is 0 Å². The van der Waals surface area contributed by atoms with Gasteiger partial charge >= 0.3 is 0 Å². The van der Waals surface area contributed by atoms with E-state index in [1.165, 1.54) is 6.07 Å². The van der Waals surface area contributed by atoms with Gasteiger partial charge < -0.3 is 5.11 Å². The van der Waals surface area contributed by atoms with E-state index >= 15 is 0 Å². The minimum atomic E-state index is -0.0518. The lowest BCUT2D eigenvalue weighted by Gasteiger charge is -2.09. The van der Waals surface area contributed by atoms with Crippen LogP contribution in [0.2, 0.25) is 0 Å². The minimum absolute atomic E-state index is 0.0518. The van der Waals surface area contributed by atoms with Crippen molar-refractivity contribution in [3.05, 3.63) is 76.8 Å². The van der Waals surface area contributed by atoms with E-state index in [1.807, 2.05) is 71.6 Å². The maximum Gasteiger partial charge on any atom is 0.124 e. The Hall–Kier alpha value is -3.87. The van der Waals surface area contributed by atoms with Crippen LogP contribution in [0.15, 0.2) is 60.0 Å². The molecule has 2 aromatic carbocycles. The maximum absolute atomic E-state index is 10.6. The lowest BCUT2D eigenvalue weighted by atomic mass is 9.97. The van der Waals surface area contributed by atoms with Crippen LogP contribution in [0.5, 0.6) is 5.75 Å². The average Bonchev–Trinajstić information content (AvgIpc) is 3.36. The van der Waals surface area contributed by atoms with Crippen molar-refractivity contribution in [2.75, 3.05) is 0 Å². The smallest absolute Gasteiger partial charge is 0.124 e. The number of phenolic OH excluding ortho intramolecular Hbond substituents is 1. The number of nitriles is 2. The van der Waals surface area contributed by atoms with Gasteiger partial charge in [0.1, 0.15) is 23.6 Å². The number of phenols is 1. The van der Waals surface area contributed by atoms with Gasteiger partial charge in [-0.05, 0) is 42.6 Å². The minimum Gasteiger partial charge on any atom is -0.507 e. The molecule has 5 nitrogen and oxygen atoms in total. The molecule has 28 heavy (non-hydrogen) atoms. The van der Waals surface area contributed by atoms with Crippen molar-refractivity contribution >= 4 is 11.3 Å². The van der Waals surface area contributed by atoms with Crippen LogP contribution in [0.4, 0.5) is 0 Å². The van der Waals surface area contributed by atoms with E-state index in [-0.39, 0.29) is 16.9 Å². The molecule has 134 valence electrons. The Kier molecular flexibility index (Phi) is 4.41. The summed E-state index contributed by atoms with van der Waals surface area (Å²) in [6.07, 6.45) is 0. The van der Waals surface area contributed by atoms with Gasteiger partial charge in [-0.2, -0.15) is 15.6 Å². The van der Waals surface area contributed by atoms with Crippen LogP contribution >= 0.6 is 11.3 Å². The Bertz CT molecular complexity index is 1240. The Morgan fingerprint density at radius 1 is 1.00 bits per heavy atom. The number of hydrogen-bond acceptors (Lipinski definition) is 5. The highest BCUT2D eigenvalue weighted by atomic mass is 32.1. The Balaban J connectivity index is 2.04. The number of aromatic hydroxyl groups is 1. The number of rotatable bonds is 3. The molecular weight excluding hydrogens is 368 g/mol. The zero-order valence-electron chi connectivity index (χ0n) is 14.9. The molecule has 0 fully saturated rings. The molecule has 0 atom stereocenters. The molecule has 0 radical (unpaired) electrons. The van der Waals surface area contributed by atoms with Crippen LogP contribution in [0, 0.1) is 29.6 Å². The molecule has 0 unspecified atom stereocenters. The van der Waals surface area contributed by atoms with E-state index < -0.39 is 0 Å². The molecule has 1 N–H and O–H groups in total. The second-order valence-corrected chi connectivity index (χ2v) is 7.12. The van der Waals surface area contributed by atoms with Crippen molar-refractivity contribution in [3.8, 4) is 45.3 Å². The number of hydrogen-bond donors (Lipinski definition) is 1. The van der Waals surface area contributed by atoms with E-state index in [0.29, 0.717) is 5.56 Å². The number of para-hydroxylation sites is 1. The van der Waals surface area contributed by atoms with Gasteiger partial charge in [-0.25, -0.2) is 4.68 Å². The van der Waals surface area contributed by atoms with Crippen LogP contribution in [-0.4, -0.2) is 14.9 Å². The third kappa shape index (κ3) is 2.83. The molecule has 0 aliphatic heterocycles. The second kappa shape index (κ2) is 7.03. The second-order valence-electron chi connectivity index (χ2n) is 6.17. The van der Waals surface area contributed by atoms with Gasteiger partial charge in [-0.1, -0.05) is 24.3 Å². The van der Waals surface area contributed by atoms with Crippen molar-refractivity contribution in [1.29, 1.82) is 10.5 Å². The summed E-state index contributed by atoms with van der Waals surface area (Å²) in [6.45, 7) is 1.93. The number of nitrogens with zero attached hydrogens (tertiary/aromatic N) is 4. The summed E-state index contributed by atoms with van der Waals surface area (Å²) < 4.78 is 1.83. The van der Waals surface area contributed by atoms with Crippen LogP contribution in [0.25, 0.3) is 27.4 Å². The quantitative estimate of drug-likeness (QED) is 0.539. The lowest BCUT2D eigenvalue weighted by molar-refractivity contribution is 0.477. The van der Waals surface area contributed by atoms with Gasteiger partial charge in [-0.15, -0.1) is 11.3 Å². The lowest BCUT2D eigenvalue weighted by Crippen LogP contribution is -1.98. The average molecular weight is 382 g/mol. The highest BCUT2D eigenvalue weighted by Crippen LogP contribution is 2.41. The van der Waals surface area contributed by atoms with Crippen molar-refractivity contribution in [2.45, 2.75) is 6.92 Å². The molecular formula is C22H14N4OS. The first-order chi connectivity index (χ1) is 13.6. The Labute approximate surface area is 166 Å². The van der Waals surface area contributed by atoms with E-state index in [4.69, 9.17) is 5.10 Å². The number of benzene rings is 2. The summed E-state index contributed by atoms with van der Waals surface area (Å²) in [5.41, 5.74) is 4.05. The first kappa shape index (κ1) is 17.5. The monoisotopic (exact) mass is 382 g/mol. The molecule has 2 aromatic heterocycles. The molecule has 0 bridgehead atoms. The van der Waals surface area contributed by atoms with Gasteiger partial charge in [-0.3, -0.25) is 0 Å². The van der Waals surface area contributed by atoms with Gasteiger partial charge in [0.25, 0.3) is 0 Å². The van der Waals surface area contributed by atoms with Gasteiger partial charge in [0.2, 0.25) is 0 Å².